The molecule has 2 aromatic heterocycles. The van der Waals surface area contributed by atoms with Crippen LogP contribution < -0.4 is 5.73 Å². The van der Waals surface area contributed by atoms with Gasteiger partial charge in [-0.15, -0.1) is 23.7 Å². The first-order valence-corrected chi connectivity index (χ1v) is 9.20. The number of nitrogens with zero attached hydrogens (tertiary/aromatic N) is 2. The van der Waals surface area contributed by atoms with Gasteiger partial charge in [0.25, 0.3) is 5.91 Å². The molecule has 1 saturated heterocycles. The third-order valence-corrected chi connectivity index (χ3v) is 5.22. The number of aromatic nitrogens is 1. The van der Waals surface area contributed by atoms with Crippen molar-refractivity contribution in [2.45, 2.75) is 25.4 Å². The van der Waals surface area contributed by atoms with Crippen LogP contribution in [0.1, 0.15) is 29.8 Å². The predicted molar refractivity (Wildman–Crippen MR) is 101 cm³/mol. The topological polar surface area (TPSA) is 81.6 Å². The summed E-state index contributed by atoms with van der Waals surface area (Å²) in [6.07, 6.45) is 2.75. The van der Waals surface area contributed by atoms with Gasteiger partial charge in [-0.05, 0) is 37.9 Å². The number of carbonyl (C=O) groups excluding carboxylic acids is 1. The van der Waals surface area contributed by atoms with Gasteiger partial charge in [0.2, 0.25) is 0 Å². The molecule has 3 rings (SSSR count). The van der Waals surface area contributed by atoms with E-state index in [0.29, 0.717) is 42.0 Å². The molecule has 138 valence electrons. The summed E-state index contributed by atoms with van der Waals surface area (Å²) in [6, 6.07) is 5.32. The Morgan fingerprint density at radius 2 is 2.20 bits per heavy atom. The van der Waals surface area contributed by atoms with Crippen LogP contribution in [0.2, 0.25) is 4.34 Å². The number of hydrogen-bond donors (Lipinski definition) is 1. The Balaban J connectivity index is 0.00000225. The minimum absolute atomic E-state index is 0. The summed E-state index contributed by atoms with van der Waals surface area (Å²) in [7, 11) is 0. The van der Waals surface area contributed by atoms with Crippen LogP contribution in [0.15, 0.2) is 22.7 Å². The van der Waals surface area contributed by atoms with E-state index in [-0.39, 0.29) is 24.4 Å². The van der Waals surface area contributed by atoms with Gasteiger partial charge in [-0.25, -0.2) is 0 Å². The summed E-state index contributed by atoms with van der Waals surface area (Å²) in [5.74, 6) is 0.461. The predicted octanol–water partition coefficient (Wildman–Crippen LogP) is 3.45. The first-order chi connectivity index (χ1) is 11.7. The second-order valence-electron chi connectivity index (χ2n) is 5.68. The monoisotopic (exact) mass is 405 g/mol. The smallest absolute Gasteiger partial charge is 0.276 e. The first kappa shape index (κ1) is 20.2. The Kier molecular flexibility index (Phi) is 7.71. The average Bonchev–Trinajstić information content (AvgIpc) is 3.24. The molecule has 1 amide bonds. The van der Waals surface area contributed by atoms with E-state index in [2.05, 4.69) is 5.16 Å². The molecular weight excluding hydrogens is 385 g/mol. The number of carbonyl (C=O) groups is 1. The van der Waals surface area contributed by atoms with Gasteiger partial charge < -0.3 is 19.9 Å². The van der Waals surface area contributed by atoms with Crippen LogP contribution in [0.3, 0.4) is 0 Å². The average molecular weight is 406 g/mol. The zero-order valence-electron chi connectivity index (χ0n) is 13.7. The summed E-state index contributed by atoms with van der Waals surface area (Å²) in [5, 5.41) is 3.91. The Morgan fingerprint density at radius 3 is 2.84 bits per heavy atom. The van der Waals surface area contributed by atoms with Crippen LogP contribution in [0.25, 0.3) is 10.6 Å². The molecule has 0 saturated carbocycles. The third kappa shape index (κ3) is 5.18. The fourth-order valence-corrected chi connectivity index (χ4v) is 3.65. The van der Waals surface area contributed by atoms with Crippen LogP contribution >= 0.6 is 35.3 Å². The van der Waals surface area contributed by atoms with Crippen molar-refractivity contribution in [2.75, 3.05) is 26.2 Å². The van der Waals surface area contributed by atoms with E-state index in [0.717, 1.165) is 24.1 Å². The molecule has 0 spiro atoms. The van der Waals surface area contributed by atoms with Crippen LogP contribution in [0.5, 0.6) is 0 Å². The summed E-state index contributed by atoms with van der Waals surface area (Å²) in [5.41, 5.74) is 5.79. The number of hydrogen-bond acceptors (Lipinski definition) is 6. The highest BCUT2D eigenvalue weighted by Gasteiger charge is 2.26. The molecule has 0 unspecified atom stereocenters. The van der Waals surface area contributed by atoms with E-state index in [1.165, 1.54) is 11.3 Å². The second-order valence-corrected chi connectivity index (χ2v) is 7.40. The van der Waals surface area contributed by atoms with Crippen LogP contribution in [-0.2, 0) is 4.74 Å². The van der Waals surface area contributed by atoms with Gasteiger partial charge in [-0.2, -0.15) is 0 Å². The van der Waals surface area contributed by atoms with E-state index < -0.39 is 0 Å². The van der Waals surface area contributed by atoms with Crippen molar-refractivity contribution in [1.82, 2.24) is 10.1 Å². The number of amides is 1. The maximum Gasteiger partial charge on any atom is 0.276 e. The molecule has 2 N–H and O–H groups in total. The number of ether oxygens (including phenoxy) is 1. The first-order valence-electron chi connectivity index (χ1n) is 8.00. The van der Waals surface area contributed by atoms with Gasteiger partial charge in [-0.1, -0.05) is 16.8 Å². The Labute approximate surface area is 161 Å². The molecule has 0 aliphatic carbocycles. The third-order valence-electron chi connectivity index (χ3n) is 3.98. The highest BCUT2D eigenvalue weighted by atomic mass is 35.5. The Bertz CT molecular complexity index is 684. The van der Waals surface area contributed by atoms with Crippen molar-refractivity contribution in [3.63, 3.8) is 0 Å². The lowest BCUT2D eigenvalue weighted by Gasteiger charge is -2.31. The molecule has 0 aromatic carbocycles. The fraction of sp³-hybridized carbons (Fsp3) is 0.500. The summed E-state index contributed by atoms with van der Waals surface area (Å²) in [6.45, 7) is 2.66. The van der Waals surface area contributed by atoms with Gasteiger partial charge in [0.1, 0.15) is 0 Å². The number of halogens is 2. The van der Waals surface area contributed by atoms with E-state index >= 15 is 0 Å². The largest absolute Gasteiger partial charge is 0.378 e. The lowest BCUT2D eigenvalue weighted by molar-refractivity contribution is 0.00820. The number of thiophene rings is 1. The van der Waals surface area contributed by atoms with E-state index in [4.69, 9.17) is 26.6 Å². The normalized spacial score (nSPS) is 15.2. The number of rotatable bonds is 6. The molecule has 1 aliphatic heterocycles. The second kappa shape index (κ2) is 9.54. The SMILES string of the molecule is Cl.NCCCOC1CCN(C(=O)c2cc(-c3ccc(Cl)s3)on2)CC1. The lowest BCUT2D eigenvalue weighted by Crippen LogP contribution is -2.41. The van der Waals surface area contributed by atoms with Crippen molar-refractivity contribution in [2.24, 2.45) is 5.73 Å². The van der Waals surface area contributed by atoms with Crippen molar-refractivity contribution in [3.05, 3.63) is 28.2 Å². The van der Waals surface area contributed by atoms with Crippen LogP contribution in [0, 0.1) is 0 Å². The lowest BCUT2D eigenvalue weighted by atomic mass is 10.1. The van der Waals surface area contributed by atoms with Gasteiger partial charge in [-0.3, -0.25) is 4.79 Å². The maximum absolute atomic E-state index is 12.5. The zero-order chi connectivity index (χ0) is 16.9. The molecule has 0 bridgehead atoms. The van der Waals surface area contributed by atoms with Crippen molar-refractivity contribution < 1.29 is 14.1 Å². The molecular formula is C16H21Cl2N3O3S. The van der Waals surface area contributed by atoms with Crippen molar-refractivity contribution in [3.8, 4) is 10.6 Å². The zero-order valence-corrected chi connectivity index (χ0v) is 16.0. The number of piperidine rings is 1. The minimum Gasteiger partial charge on any atom is -0.378 e. The molecule has 2 aromatic rings. The van der Waals surface area contributed by atoms with E-state index in [1.54, 1.807) is 17.0 Å². The summed E-state index contributed by atoms with van der Waals surface area (Å²) >= 11 is 7.32. The highest BCUT2D eigenvalue weighted by molar-refractivity contribution is 7.19. The molecule has 6 nitrogen and oxygen atoms in total. The Morgan fingerprint density at radius 1 is 1.44 bits per heavy atom. The molecule has 25 heavy (non-hydrogen) atoms. The molecule has 1 fully saturated rings. The number of nitrogens with two attached hydrogens (primary N) is 1. The Hall–Kier alpha value is -1.12. The summed E-state index contributed by atoms with van der Waals surface area (Å²) in [4.78, 5) is 15.2. The molecule has 1 aliphatic rings. The van der Waals surface area contributed by atoms with Crippen molar-refractivity contribution in [1.29, 1.82) is 0 Å². The summed E-state index contributed by atoms with van der Waals surface area (Å²) < 4.78 is 11.7. The minimum atomic E-state index is -0.104. The van der Waals surface area contributed by atoms with E-state index in [9.17, 15) is 4.79 Å². The van der Waals surface area contributed by atoms with E-state index in [1.807, 2.05) is 6.07 Å². The molecule has 0 atom stereocenters. The number of likely N-dealkylation sites (tertiary alicyclic amines) is 1. The van der Waals surface area contributed by atoms with Gasteiger partial charge in [0.05, 0.1) is 15.3 Å². The maximum atomic E-state index is 12.5. The van der Waals surface area contributed by atoms with Crippen LogP contribution in [-0.4, -0.2) is 48.3 Å². The molecule has 9 heteroatoms. The highest BCUT2D eigenvalue weighted by Crippen LogP contribution is 2.31. The quantitative estimate of drug-likeness (QED) is 0.744. The fourth-order valence-electron chi connectivity index (χ4n) is 2.66. The molecule has 3 heterocycles. The standard InChI is InChI=1S/C16H20ClN3O3S.ClH/c17-15-3-2-14(24-15)13-10-12(19-23-13)16(21)20-7-4-11(5-8-20)22-9-1-6-18;/h2-3,10-11H,1,4-9,18H2;1H. The molecule has 0 radical (unpaired) electrons. The van der Waals surface area contributed by atoms with Gasteiger partial charge >= 0.3 is 0 Å². The van der Waals surface area contributed by atoms with Gasteiger partial charge in [0.15, 0.2) is 11.5 Å². The van der Waals surface area contributed by atoms with Gasteiger partial charge in [0, 0.05) is 25.8 Å². The van der Waals surface area contributed by atoms with Crippen LogP contribution in [0.4, 0.5) is 0 Å². The van der Waals surface area contributed by atoms with Crippen molar-refractivity contribution >= 4 is 41.3 Å².